The fourth-order valence-corrected chi connectivity index (χ4v) is 5.80. The van der Waals surface area contributed by atoms with Crippen LogP contribution in [-0.2, 0) is 41.5 Å². The van der Waals surface area contributed by atoms with Gasteiger partial charge in [0.1, 0.15) is 0 Å². The number of ether oxygens (including phenoxy) is 2. The molecule has 0 aliphatic heterocycles. The van der Waals surface area contributed by atoms with Crippen LogP contribution in [0.4, 0.5) is 0 Å². The third-order valence-corrected chi connectivity index (χ3v) is 7.82. The summed E-state index contributed by atoms with van der Waals surface area (Å²) in [6.45, 7) is 10.8. The van der Waals surface area contributed by atoms with Gasteiger partial charge in [0.05, 0.1) is 11.1 Å². The first kappa shape index (κ1) is 30.7. The second kappa shape index (κ2) is 12.5. The predicted octanol–water partition coefficient (Wildman–Crippen LogP) is 7.23. The molecule has 228 valence electrons. The Morgan fingerprint density at radius 1 is 0.636 bits per heavy atom. The van der Waals surface area contributed by atoms with Crippen LogP contribution in [0.5, 0.6) is 0 Å². The zero-order valence-electron chi connectivity index (χ0n) is 26.1. The zero-order valence-corrected chi connectivity index (χ0v) is 26.1. The van der Waals surface area contributed by atoms with Gasteiger partial charge in [0.2, 0.25) is 11.6 Å². The lowest BCUT2D eigenvalue weighted by Crippen LogP contribution is -2.28. The standard InChI is InChI=1S/C36H38N2O6/c1-19(2)15-17-27-29(23-11-7-9-13-25(23)37-27)31-33(41)36(44-22(6)40)32(34(42)35(31)43-21(5)39)30-24-12-8-10-14-26(24)38-28(30)18-16-20(3)4/h7-14,19-20,37-38H,15-18H2,1-6H3. The van der Waals surface area contributed by atoms with Crippen LogP contribution in [0.15, 0.2) is 60.0 Å². The van der Waals surface area contributed by atoms with Crippen LogP contribution in [0.25, 0.3) is 33.0 Å². The van der Waals surface area contributed by atoms with Crippen molar-refractivity contribution in [2.75, 3.05) is 0 Å². The van der Waals surface area contributed by atoms with Gasteiger partial charge in [-0.3, -0.25) is 19.2 Å². The lowest BCUT2D eigenvalue weighted by Gasteiger charge is -2.24. The molecule has 8 heteroatoms. The molecule has 0 unspecified atom stereocenters. The third-order valence-electron chi connectivity index (χ3n) is 7.82. The van der Waals surface area contributed by atoms with Gasteiger partial charge in [-0.05, 0) is 49.7 Å². The Morgan fingerprint density at radius 2 is 1.00 bits per heavy atom. The first-order valence-electron chi connectivity index (χ1n) is 15.1. The molecular formula is C36H38N2O6. The number of benzene rings is 2. The van der Waals surface area contributed by atoms with E-state index < -0.39 is 23.5 Å². The third kappa shape index (κ3) is 5.89. The van der Waals surface area contributed by atoms with E-state index in [1.54, 1.807) is 0 Å². The number of aromatic amines is 2. The fraction of sp³-hybridized carbons (Fsp3) is 0.333. The molecule has 2 aromatic carbocycles. The van der Waals surface area contributed by atoms with E-state index in [-0.39, 0.29) is 22.7 Å². The molecule has 2 N–H and O–H groups in total. The van der Waals surface area contributed by atoms with Crippen molar-refractivity contribution in [3.05, 3.63) is 82.6 Å². The number of fused-ring (bicyclic) bond motifs is 2. The maximum absolute atomic E-state index is 14.7. The van der Waals surface area contributed by atoms with Crippen molar-refractivity contribution in [2.24, 2.45) is 11.8 Å². The van der Waals surface area contributed by atoms with Crippen molar-refractivity contribution in [1.82, 2.24) is 9.97 Å². The molecule has 0 saturated carbocycles. The van der Waals surface area contributed by atoms with Gasteiger partial charge < -0.3 is 19.4 Å². The van der Waals surface area contributed by atoms with E-state index in [0.29, 0.717) is 46.6 Å². The first-order valence-corrected chi connectivity index (χ1v) is 15.1. The molecule has 8 nitrogen and oxygen atoms in total. The summed E-state index contributed by atoms with van der Waals surface area (Å²) in [6, 6.07) is 14.9. The van der Waals surface area contributed by atoms with E-state index in [9.17, 15) is 19.2 Å². The molecule has 0 spiro atoms. The number of rotatable bonds is 10. The highest BCUT2D eigenvalue weighted by Crippen LogP contribution is 2.43. The molecule has 5 rings (SSSR count). The SMILES string of the molecule is CC(=O)OC1=C(c2c(CCC(C)C)[nH]c3ccccc23)C(=O)C(OC(C)=O)=C(c2c(CCC(C)C)[nH]c3ccccc23)C1=O. The van der Waals surface area contributed by atoms with Gasteiger partial charge in [-0.25, -0.2) is 0 Å². The normalized spacial score (nSPS) is 14.1. The lowest BCUT2D eigenvalue weighted by molar-refractivity contribution is -0.141. The Labute approximate surface area is 256 Å². The van der Waals surface area contributed by atoms with Gasteiger partial charge in [-0.1, -0.05) is 64.1 Å². The molecular weight excluding hydrogens is 556 g/mol. The summed E-state index contributed by atoms with van der Waals surface area (Å²) in [4.78, 5) is 61.2. The maximum atomic E-state index is 14.7. The summed E-state index contributed by atoms with van der Waals surface area (Å²) in [5.74, 6) is -2.87. The number of nitrogens with one attached hydrogen (secondary N) is 2. The van der Waals surface area contributed by atoms with Gasteiger partial charge in [-0.2, -0.15) is 0 Å². The minimum absolute atomic E-state index is 0.0926. The second-order valence-electron chi connectivity index (χ2n) is 12.2. The monoisotopic (exact) mass is 594 g/mol. The van der Waals surface area contributed by atoms with Crippen LogP contribution in [0.1, 0.15) is 76.9 Å². The predicted molar refractivity (Wildman–Crippen MR) is 170 cm³/mol. The highest BCUT2D eigenvalue weighted by atomic mass is 16.5. The molecule has 0 saturated heterocycles. The van der Waals surface area contributed by atoms with Gasteiger partial charge in [-0.15, -0.1) is 0 Å². The van der Waals surface area contributed by atoms with Crippen LogP contribution in [0, 0.1) is 11.8 Å². The van der Waals surface area contributed by atoms with Gasteiger partial charge in [0.15, 0.2) is 11.5 Å². The molecule has 4 aromatic rings. The van der Waals surface area contributed by atoms with E-state index in [4.69, 9.17) is 9.47 Å². The molecule has 0 amide bonds. The molecule has 1 aliphatic rings. The summed E-state index contributed by atoms with van der Waals surface area (Å²) in [7, 11) is 0. The Balaban J connectivity index is 1.83. The molecule has 2 heterocycles. The number of carbonyl (C=O) groups excluding carboxylic acids is 4. The average molecular weight is 595 g/mol. The molecule has 0 fully saturated rings. The van der Waals surface area contributed by atoms with Crippen molar-refractivity contribution >= 4 is 56.5 Å². The number of para-hydroxylation sites is 2. The highest BCUT2D eigenvalue weighted by molar-refractivity contribution is 6.49. The minimum atomic E-state index is -0.739. The molecule has 0 radical (unpaired) electrons. The number of aromatic nitrogens is 2. The number of ketones is 2. The fourth-order valence-electron chi connectivity index (χ4n) is 5.80. The first-order chi connectivity index (χ1) is 21.0. The summed E-state index contributed by atoms with van der Waals surface area (Å²) in [6.07, 6.45) is 2.79. The topological polar surface area (TPSA) is 118 Å². The summed E-state index contributed by atoms with van der Waals surface area (Å²) in [5, 5.41) is 1.39. The summed E-state index contributed by atoms with van der Waals surface area (Å²) >= 11 is 0. The van der Waals surface area contributed by atoms with E-state index in [1.165, 1.54) is 13.8 Å². The van der Waals surface area contributed by atoms with E-state index in [2.05, 4.69) is 37.7 Å². The smallest absolute Gasteiger partial charge is 0.308 e. The van der Waals surface area contributed by atoms with Crippen molar-refractivity contribution in [2.45, 2.75) is 67.2 Å². The molecule has 44 heavy (non-hydrogen) atoms. The number of hydrogen-bond donors (Lipinski definition) is 2. The van der Waals surface area contributed by atoms with Gasteiger partial charge in [0.25, 0.3) is 0 Å². The van der Waals surface area contributed by atoms with Crippen molar-refractivity contribution in [3.63, 3.8) is 0 Å². The number of allylic oxidation sites excluding steroid dienone is 2. The lowest BCUT2D eigenvalue weighted by atomic mass is 9.83. The largest absolute Gasteiger partial charge is 0.422 e. The molecule has 0 atom stereocenters. The molecule has 0 bridgehead atoms. The zero-order chi connectivity index (χ0) is 31.7. The van der Waals surface area contributed by atoms with E-state index >= 15 is 0 Å². The Morgan fingerprint density at radius 3 is 1.34 bits per heavy atom. The van der Waals surface area contributed by atoms with Gasteiger partial charge >= 0.3 is 11.9 Å². The number of hydrogen-bond acceptors (Lipinski definition) is 6. The van der Waals surface area contributed by atoms with E-state index in [1.807, 2.05) is 48.5 Å². The Bertz CT molecular complexity index is 1730. The number of Topliss-reactive ketones (excluding diaryl/α,β-unsaturated/α-hetero) is 2. The average Bonchev–Trinajstić information content (AvgIpc) is 3.51. The number of aryl methyl sites for hydroxylation is 2. The van der Waals surface area contributed by atoms with Crippen LogP contribution in [0.3, 0.4) is 0 Å². The van der Waals surface area contributed by atoms with E-state index in [0.717, 1.165) is 35.3 Å². The number of H-pyrrole nitrogens is 2. The van der Waals surface area contributed by atoms with Crippen molar-refractivity contribution in [1.29, 1.82) is 0 Å². The minimum Gasteiger partial charge on any atom is -0.422 e. The second-order valence-corrected chi connectivity index (χ2v) is 12.2. The van der Waals surface area contributed by atoms with Crippen LogP contribution < -0.4 is 0 Å². The van der Waals surface area contributed by atoms with Crippen LogP contribution >= 0.6 is 0 Å². The van der Waals surface area contributed by atoms with Crippen molar-refractivity contribution in [3.8, 4) is 0 Å². The summed E-state index contributed by atoms with van der Waals surface area (Å²) in [5.41, 5.74) is 3.76. The number of esters is 2. The highest BCUT2D eigenvalue weighted by Gasteiger charge is 2.43. The van der Waals surface area contributed by atoms with Gasteiger partial charge in [0, 0.05) is 58.2 Å². The Hall–Kier alpha value is -4.72. The maximum Gasteiger partial charge on any atom is 0.308 e. The van der Waals surface area contributed by atoms with Crippen LogP contribution in [0.2, 0.25) is 0 Å². The number of carbonyl (C=O) groups is 4. The summed E-state index contributed by atoms with van der Waals surface area (Å²) < 4.78 is 11.3. The molecule has 2 aromatic heterocycles. The quantitative estimate of drug-likeness (QED) is 0.148. The molecule has 1 aliphatic carbocycles. The van der Waals surface area contributed by atoms with Crippen molar-refractivity contribution < 1.29 is 28.7 Å². The Kier molecular flexibility index (Phi) is 8.72. The van der Waals surface area contributed by atoms with Crippen LogP contribution in [-0.4, -0.2) is 33.5 Å².